The van der Waals surface area contributed by atoms with E-state index in [1.165, 1.54) is 17.5 Å². The second-order valence-corrected chi connectivity index (χ2v) is 5.14. The number of aromatic carboxylic acids is 1. The van der Waals surface area contributed by atoms with E-state index in [-0.39, 0.29) is 5.56 Å². The van der Waals surface area contributed by atoms with Crippen LogP contribution in [0, 0.1) is 6.92 Å². The molecule has 2 rings (SSSR count). The normalized spacial score (nSPS) is 20.5. The van der Waals surface area contributed by atoms with Crippen molar-refractivity contribution in [1.82, 2.24) is 14.7 Å². The van der Waals surface area contributed by atoms with Gasteiger partial charge in [0.05, 0.1) is 5.69 Å². The Morgan fingerprint density at radius 2 is 2.21 bits per heavy atom. The zero-order chi connectivity index (χ0) is 14.0. The molecule has 1 saturated heterocycles. The predicted molar refractivity (Wildman–Crippen MR) is 70.7 cm³/mol. The van der Waals surface area contributed by atoms with E-state index in [1.807, 2.05) is 0 Å². The minimum Gasteiger partial charge on any atom is -0.477 e. The van der Waals surface area contributed by atoms with Crippen molar-refractivity contribution in [2.24, 2.45) is 7.05 Å². The van der Waals surface area contributed by atoms with Gasteiger partial charge in [0.2, 0.25) is 5.88 Å². The van der Waals surface area contributed by atoms with Gasteiger partial charge in [-0.3, -0.25) is 0 Å². The molecule has 0 amide bonds. The number of carboxylic acid groups (broad SMARTS) is 1. The van der Waals surface area contributed by atoms with Gasteiger partial charge >= 0.3 is 5.97 Å². The van der Waals surface area contributed by atoms with Gasteiger partial charge in [-0.1, -0.05) is 6.42 Å². The molecule has 1 aromatic heterocycles. The number of ether oxygens (including phenoxy) is 1. The highest BCUT2D eigenvalue weighted by atomic mass is 16.5. The van der Waals surface area contributed by atoms with Gasteiger partial charge in [-0.2, -0.15) is 5.10 Å². The lowest BCUT2D eigenvalue weighted by Crippen LogP contribution is -2.40. The minimum absolute atomic E-state index is 0.168. The zero-order valence-corrected chi connectivity index (χ0v) is 11.7. The molecular formula is C13H21N3O3. The number of carboxylic acids is 1. The molecule has 0 radical (unpaired) electrons. The van der Waals surface area contributed by atoms with Crippen molar-refractivity contribution < 1.29 is 14.6 Å². The lowest BCUT2D eigenvalue weighted by atomic mass is 10.0. The Morgan fingerprint density at radius 1 is 1.47 bits per heavy atom. The van der Waals surface area contributed by atoms with E-state index in [2.05, 4.69) is 17.0 Å². The molecule has 1 fully saturated rings. The molecule has 0 bridgehead atoms. The lowest BCUT2D eigenvalue weighted by Gasteiger charge is -2.32. The monoisotopic (exact) mass is 267 g/mol. The van der Waals surface area contributed by atoms with Crippen LogP contribution >= 0.6 is 0 Å². The average Bonchev–Trinajstić information content (AvgIpc) is 2.63. The van der Waals surface area contributed by atoms with Gasteiger partial charge in [-0.05, 0) is 33.4 Å². The number of hydrogen-bond donors (Lipinski definition) is 1. The average molecular weight is 267 g/mol. The van der Waals surface area contributed by atoms with Crippen molar-refractivity contribution in [2.45, 2.75) is 32.2 Å². The van der Waals surface area contributed by atoms with Gasteiger partial charge in [0.15, 0.2) is 0 Å². The molecule has 19 heavy (non-hydrogen) atoms. The summed E-state index contributed by atoms with van der Waals surface area (Å²) in [7, 11) is 3.79. The number of carbonyl (C=O) groups is 1. The summed E-state index contributed by atoms with van der Waals surface area (Å²) in [5, 5.41) is 13.3. The Bertz CT molecular complexity index is 470. The maximum Gasteiger partial charge on any atom is 0.343 e. The van der Waals surface area contributed by atoms with Crippen LogP contribution in [0.5, 0.6) is 5.88 Å². The third-order valence-corrected chi connectivity index (χ3v) is 3.72. The van der Waals surface area contributed by atoms with E-state index in [9.17, 15) is 9.90 Å². The van der Waals surface area contributed by atoms with Crippen LogP contribution in [-0.2, 0) is 7.05 Å². The topological polar surface area (TPSA) is 67.6 Å². The van der Waals surface area contributed by atoms with Crippen LogP contribution in [0.3, 0.4) is 0 Å². The van der Waals surface area contributed by atoms with Crippen molar-refractivity contribution in [2.75, 3.05) is 20.2 Å². The number of piperidine rings is 1. The number of aromatic nitrogens is 2. The first kappa shape index (κ1) is 13.9. The molecule has 1 aliphatic heterocycles. The van der Waals surface area contributed by atoms with Gasteiger partial charge in [-0.15, -0.1) is 0 Å². The largest absolute Gasteiger partial charge is 0.477 e. The van der Waals surface area contributed by atoms with Crippen LogP contribution in [0.15, 0.2) is 0 Å². The Balaban J connectivity index is 2.08. The molecule has 1 atom stereocenters. The molecular weight excluding hydrogens is 246 g/mol. The van der Waals surface area contributed by atoms with Gasteiger partial charge in [0, 0.05) is 13.1 Å². The summed E-state index contributed by atoms with van der Waals surface area (Å²) in [6.07, 6.45) is 3.52. The Morgan fingerprint density at radius 3 is 2.84 bits per heavy atom. The van der Waals surface area contributed by atoms with Crippen LogP contribution in [0.2, 0.25) is 0 Å². The van der Waals surface area contributed by atoms with Crippen LogP contribution in [0.4, 0.5) is 0 Å². The molecule has 1 N–H and O–H groups in total. The second-order valence-electron chi connectivity index (χ2n) is 5.14. The Labute approximate surface area is 113 Å². The van der Waals surface area contributed by atoms with Gasteiger partial charge in [0.1, 0.15) is 12.2 Å². The van der Waals surface area contributed by atoms with Crippen LogP contribution in [-0.4, -0.2) is 52.0 Å². The molecule has 0 saturated carbocycles. The van der Waals surface area contributed by atoms with Crippen molar-refractivity contribution >= 4 is 5.97 Å². The maximum atomic E-state index is 11.2. The number of rotatable bonds is 4. The summed E-state index contributed by atoms with van der Waals surface area (Å²) in [4.78, 5) is 13.5. The lowest BCUT2D eigenvalue weighted by molar-refractivity contribution is 0.0685. The highest BCUT2D eigenvalue weighted by Crippen LogP contribution is 2.23. The molecule has 0 aromatic carbocycles. The summed E-state index contributed by atoms with van der Waals surface area (Å²) < 4.78 is 7.24. The van der Waals surface area contributed by atoms with Gasteiger partial charge in [0.25, 0.3) is 0 Å². The fourth-order valence-corrected chi connectivity index (χ4v) is 2.58. The number of hydrogen-bond acceptors (Lipinski definition) is 4. The van der Waals surface area contributed by atoms with Crippen LogP contribution < -0.4 is 4.74 Å². The van der Waals surface area contributed by atoms with E-state index in [1.54, 1.807) is 14.0 Å². The molecule has 0 aliphatic carbocycles. The smallest absolute Gasteiger partial charge is 0.343 e. The molecule has 0 spiro atoms. The summed E-state index contributed by atoms with van der Waals surface area (Å²) in [6.45, 7) is 3.27. The van der Waals surface area contributed by atoms with Crippen molar-refractivity contribution in [3.8, 4) is 5.88 Å². The molecule has 6 nitrogen and oxygen atoms in total. The van der Waals surface area contributed by atoms with Crippen LogP contribution in [0.25, 0.3) is 0 Å². The molecule has 106 valence electrons. The number of nitrogens with zero attached hydrogens (tertiary/aromatic N) is 3. The molecule has 6 heteroatoms. The first-order valence-electron chi connectivity index (χ1n) is 6.60. The number of likely N-dealkylation sites (tertiary alicyclic amines) is 1. The fraction of sp³-hybridized carbons (Fsp3) is 0.692. The first-order valence-corrected chi connectivity index (χ1v) is 6.60. The molecule has 1 aromatic rings. The quantitative estimate of drug-likeness (QED) is 0.890. The van der Waals surface area contributed by atoms with E-state index < -0.39 is 5.97 Å². The molecule has 1 unspecified atom stereocenters. The Kier molecular flexibility index (Phi) is 4.09. The minimum atomic E-state index is -0.988. The van der Waals surface area contributed by atoms with Crippen LogP contribution in [0.1, 0.15) is 35.3 Å². The van der Waals surface area contributed by atoms with Gasteiger partial charge in [-0.25, -0.2) is 9.48 Å². The zero-order valence-electron chi connectivity index (χ0n) is 11.7. The van der Waals surface area contributed by atoms with Gasteiger partial charge < -0.3 is 14.7 Å². The van der Waals surface area contributed by atoms with E-state index in [0.29, 0.717) is 24.2 Å². The summed E-state index contributed by atoms with van der Waals surface area (Å²) in [6, 6.07) is 0.352. The fourth-order valence-electron chi connectivity index (χ4n) is 2.58. The second kappa shape index (κ2) is 5.61. The first-order chi connectivity index (χ1) is 9.00. The van der Waals surface area contributed by atoms with Crippen molar-refractivity contribution in [3.05, 3.63) is 11.3 Å². The summed E-state index contributed by atoms with van der Waals surface area (Å²) >= 11 is 0. The SMILES string of the molecule is Cc1nn(C)c(OCC2CCCCN2C)c1C(=O)O. The number of aryl methyl sites for hydroxylation is 2. The number of likely N-dealkylation sites (N-methyl/N-ethyl adjacent to an activating group) is 1. The van der Waals surface area contributed by atoms with E-state index >= 15 is 0 Å². The standard InChI is InChI=1S/C13H21N3O3/c1-9-11(13(17)18)12(16(3)14-9)19-8-10-6-4-5-7-15(10)2/h10H,4-8H2,1-3H3,(H,17,18). The third kappa shape index (κ3) is 2.89. The Hall–Kier alpha value is -1.56. The summed E-state index contributed by atoms with van der Waals surface area (Å²) in [5.41, 5.74) is 0.656. The van der Waals surface area contributed by atoms with Crippen molar-refractivity contribution in [3.63, 3.8) is 0 Å². The van der Waals surface area contributed by atoms with E-state index in [0.717, 1.165) is 13.0 Å². The molecule has 2 heterocycles. The highest BCUT2D eigenvalue weighted by molar-refractivity contribution is 5.91. The predicted octanol–water partition coefficient (Wildman–Crippen LogP) is 1.29. The highest BCUT2D eigenvalue weighted by Gasteiger charge is 2.24. The third-order valence-electron chi connectivity index (χ3n) is 3.72. The van der Waals surface area contributed by atoms with E-state index in [4.69, 9.17) is 4.74 Å². The van der Waals surface area contributed by atoms with Crippen molar-refractivity contribution in [1.29, 1.82) is 0 Å². The summed E-state index contributed by atoms with van der Waals surface area (Å²) in [5.74, 6) is -0.637. The molecule has 1 aliphatic rings. The maximum absolute atomic E-state index is 11.2.